The summed E-state index contributed by atoms with van der Waals surface area (Å²) in [5, 5.41) is 4.23. The number of amides is 1. The Morgan fingerprint density at radius 3 is 2.70 bits per heavy atom. The van der Waals surface area contributed by atoms with E-state index in [0.717, 1.165) is 58.6 Å². The number of hydrogen-bond donors (Lipinski definition) is 2. The maximum atomic E-state index is 11.4. The molecule has 4 rings (SSSR count). The fourth-order valence-corrected chi connectivity index (χ4v) is 4.75. The third kappa shape index (κ3) is 4.59. The van der Waals surface area contributed by atoms with Gasteiger partial charge in [0.25, 0.3) is 0 Å². The predicted molar refractivity (Wildman–Crippen MR) is 121 cm³/mol. The van der Waals surface area contributed by atoms with Crippen LogP contribution in [0.3, 0.4) is 0 Å². The van der Waals surface area contributed by atoms with Gasteiger partial charge in [0.1, 0.15) is 11.6 Å². The molecular weight excluding hydrogens is 396 g/mol. The Labute approximate surface area is 180 Å². The largest absolute Gasteiger partial charge is 0.369 e. The maximum absolute atomic E-state index is 11.4. The summed E-state index contributed by atoms with van der Waals surface area (Å²) in [7, 11) is 2.08. The first-order valence-corrected chi connectivity index (χ1v) is 11.0. The van der Waals surface area contributed by atoms with Gasteiger partial charge in [-0.1, -0.05) is 17.4 Å². The van der Waals surface area contributed by atoms with Crippen LogP contribution in [0.4, 0.5) is 16.8 Å². The highest BCUT2D eigenvalue weighted by Gasteiger charge is 2.28. The van der Waals surface area contributed by atoms with E-state index >= 15 is 0 Å². The molecule has 0 atom stereocenters. The second-order valence-corrected chi connectivity index (χ2v) is 8.79. The molecular formula is C22H26N6OS. The smallest absolute Gasteiger partial charge is 0.220 e. The topological polar surface area (TPSA) is 97.0 Å². The van der Waals surface area contributed by atoms with E-state index in [0.29, 0.717) is 6.04 Å². The van der Waals surface area contributed by atoms with Crippen molar-refractivity contribution in [3.63, 3.8) is 0 Å². The number of nitrogens with one attached hydrogen (secondary N) is 1. The third-order valence-corrected chi connectivity index (χ3v) is 6.73. The summed E-state index contributed by atoms with van der Waals surface area (Å²) < 4.78 is 0. The fraction of sp³-hybridized carbons (Fsp3) is 0.364. The number of nitrogens with two attached hydrogens (primary N) is 1. The lowest BCUT2D eigenvalue weighted by Crippen LogP contribution is -2.37. The molecule has 1 aliphatic rings. The number of hydrogen-bond acceptors (Lipinski definition) is 7. The molecule has 1 saturated carbocycles. The van der Waals surface area contributed by atoms with Crippen LogP contribution in [-0.4, -0.2) is 33.9 Å². The maximum Gasteiger partial charge on any atom is 0.220 e. The van der Waals surface area contributed by atoms with Crippen LogP contribution in [0.15, 0.2) is 42.7 Å². The van der Waals surface area contributed by atoms with E-state index < -0.39 is 0 Å². The molecule has 3 aromatic heterocycles. The average molecular weight is 423 g/mol. The molecule has 156 valence electrons. The number of nitrogens with zero attached hydrogens (tertiary/aromatic N) is 4. The number of anilines is 3. The molecule has 8 heteroatoms. The highest BCUT2D eigenvalue weighted by molar-refractivity contribution is 7.18. The van der Waals surface area contributed by atoms with Crippen LogP contribution in [0, 0.1) is 12.8 Å². The molecule has 0 saturated heterocycles. The number of aryl methyl sites for hydroxylation is 1. The first-order chi connectivity index (χ1) is 14.5. The predicted octanol–water partition coefficient (Wildman–Crippen LogP) is 4.13. The summed E-state index contributed by atoms with van der Waals surface area (Å²) in [5.41, 5.74) is 7.48. The number of pyridine rings is 2. The minimum atomic E-state index is -0.173. The van der Waals surface area contributed by atoms with Crippen LogP contribution < -0.4 is 16.0 Å². The Hall–Kier alpha value is -3.00. The number of rotatable bonds is 6. The molecule has 0 aliphatic heterocycles. The van der Waals surface area contributed by atoms with Crippen LogP contribution in [0.25, 0.3) is 10.6 Å². The number of primary amides is 1. The molecule has 3 aromatic rings. The van der Waals surface area contributed by atoms with Crippen molar-refractivity contribution < 1.29 is 4.79 Å². The standard InChI is InChI=1S/C22H26N6OS/c1-14-10-11-24-20(12-14)27-19-5-3-4-17(26-19)18-13-25-22(30-18)28(2)16-8-6-15(7-9-16)21(23)29/h3-5,10-13,15-16H,6-9H2,1-2H3,(H2,23,29)(H,24,26,27). The van der Waals surface area contributed by atoms with Crippen LogP contribution in [0.2, 0.25) is 0 Å². The molecule has 30 heavy (non-hydrogen) atoms. The van der Waals surface area contributed by atoms with Crippen molar-refractivity contribution in [1.82, 2.24) is 15.0 Å². The molecule has 0 aromatic carbocycles. The molecule has 0 unspecified atom stereocenters. The van der Waals surface area contributed by atoms with E-state index in [1.165, 1.54) is 0 Å². The first-order valence-electron chi connectivity index (χ1n) is 10.1. The Kier molecular flexibility index (Phi) is 5.94. The van der Waals surface area contributed by atoms with Crippen LogP contribution in [0.5, 0.6) is 0 Å². The van der Waals surface area contributed by atoms with Gasteiger partial charge in [-0.2, -0.15) is 0 Å². The molecule has 1 fully saturated rings. The van der Waals surface area contributed by atoms with E-state index in [-0.39, 0.29) is 11.8 Å². The number of carbonyl (C=O) groups is 1. The van der Waals surface area contributed by atoms with Gasteiger partial charge >= 0.3 is 0 Å². The number of thiazole rings is 1. The van der Waals surface area contributed by atoms with Gasteiger partial charge in [-0.3, -0.25) is 4.79 Å². The third-order valence-electron chi connectivity index (χ3n) is 5.62. The van der Waals surface area contributed by atoms with Gasteiger partial charge in [0.2, 0.25) is 5.91 Å². The SMILES string of the molecule is Cc1ccnc(Nc2cccc(-c3cnc(N(C)C4CCC(C(N)=O)CC4)s3)n2)c1. The monoisotopic (exact) mass is 422 g/mol. The lowest BCUT2D eigenvalue weighted by Gasteiger charge is -2.33. The molecule has 3 N–H and O–H groups in total. The highest BCUT2D eigenvalue weighted by atomic mass is 32.1. The average Bonchev–Trinajstić information content (AvgIpc) is 3.24. The Morgan fingerprint density at radius 1 is 1.17 bits per heavy atom. The quantitative estimate of drug-likeness (QED) is 0.620. The second-order valence-electron chi connectivity index (χ2n) is 7.78. The lowest BCUT2D eigenvalue weighted by molar-refractivity contribution is -0.122. The zero-order valence-electron chi connectivity index (χ0n) is 17.2. The minimum Gasteiger partial charge on any atom is -0.369 e. The Morgan fingerprint density at radius 2 is 1.97 bits per heavy atom. The first kappa shape index (κ1) is 20.3. The molecule has 0 radical (unpaired) electrons. The van der Waals surface area contributed by atoms with Crippen molar-refractivity contribution in [3.8, 4) is 10.6 Å². The van der Waals surface area contributed by atoms with Crippen molar-refractivity contribution in [2.75, 3.05) is 17.3 Å². The van der Waals surface area contributed by atoms with E-state index in [2.05, 4.69) is 27.2 Å². The zero-order chi connectivity index (χ0) is 21.1. The highest BCUT2D eigenvalue weighted by Crippen LogP contribution is 2.34. The molecule has 1 amide bonds. The molecule has 3 heterocycles. The zero-order valence-corrected chi connectivity index (χ0v) is 18.0. The van der Waals surface area contributed by atoms with Crippen molar-refractivity contribution in [2.24, 2.45) is 11.7 Å². The van der Waals surface area contributed by atoms with Crippen molar-refractivity contribution >= 4 is 34.0 Å². The van der Waals surface area contributed by atoms with Crippen LogP contribution in [0.1, 0.15) is 31.2 Å². The van der Waals surface area contributed by atoms with Gasteiger partial charge in [-0.25, -0.2) is 15.0 Å². The van der Waals surface area contributed by atoms with E-state index in [1.54, 1.807) is 17.5 Å². The van der Waals surface area contributed by atoms with Gasteiger partial charge in [-0.15, -0.1) is 0 Å². The molecule has 1 aliphatic carbocycles. The van der Waals surface area contributed by atoms with E-state index in [1.807, 2.05) is 43.5 Å². The van der Waals surface area contributed by atoms with Crippen LogP contribution in [-0.2, 0) is 4.79 Å². The molecule has 7 nitrogen and oxygen atoms in total. The summed E-state index contributed by atoms with van der Waals surface area (Å²) in [6.07, 6.45) is 7.28. The molecule has 0 spiro atoms. The minimum absolute atomic E-state index is 0.0174. The van der Waals surface area contributed by atoms with Crippen molar-refractivity contribution in [3.05, 3.63) is 48.3 Å². The lowest BCUT2D eigenvalue weighted by atomic mass is 9.85. The Bertz CT molecular complexity index is 1030. The van der Waals surface area contributed by atoms with E-state index in [4.69, 9.17) is 10.7 Å². The summed E-state index contributed by atoms with van der Waals surface area (Å²) in [6, 6.07) is 10.2. The summed E-state index contributed by atoms with van der Waals surface area (Å²) in [4.78, 5) is 28.3. The van der Waals surface area contributed by atoms with Gasteiger partial charge in [0.15, 0.2) is 5.13 Å². The summed E-state index contributed by atoms with van der Waals surface area (Å²) in [5.74, 6) is 1.37. The molecule has 0 bridgehead atoms. The summed E-state index contributed by atoms with van der Waals surface area (Å²) in [6.45, 7) is 2.03. The van der Waals surface area contributed by atoms with Gasteiger partial charge in [0, 0.05) is 31.4 Å². The van der Waals surface area contributed by atoms with Crippen molar-refractivity contribution in [2.45, 2.75) is 38.6 Å². The fourth-order valence-electron chi connectivity index (χ4n) is 3.83. The number of aromatic nitrogens is 3. The van der Waals surface area contributed by atoms with Crippen LogP contribution >= 0.6 is 11.3 Å². The second kappa shape index (κ2) is 8.79. The summed E-state index contributed by atoms with van der Waals surface area (Å²) >= 11 is 1.63. The normalized spacial score (nSPS) is 18.7. The van der Waals surface area contributed by atoms with Gasteiger partial charge in [-0.05, 0) is 62.4 Å². The van der Waals surface area contributed by atoms with E-state index in [9.17, 15) is 4.79 Å². The van der Waals surface area contributed by atoms with Crippen molar-refractivity contribution in [1.29, 1.82) is 0 Å². The van der Waals surface area contributed by atoms with Gasteiger partial charge in [0.05, 0.1) is 10.6 Å². The van der Waals surface area contributed by atoms with Gasteiger partial charge < -0.3 is 16.0 Å². The number of carbonyl (C=O) groups excluding carboxylic acids is 1. The Balaban J connectivity index is 1.45.